The van der Waals surface area contributed by atoms with Gasteiger partial charge in [-0.15, -0.1) is 0 Å². The third-order valence-electron chi connectivity index (χ3n) is 2.80. The fourth-order valence-corrected chi connectivity index (χ4v) is 2.36. The highest BCUT2D eigenvalue weighted by Crippen LogP contribution is 2.31. The zero-order valence-electron chi connectivity index (χ0n) is 10.9. The van der Waals surface area contributed by atoms with Crippen molar-refractivity contribution in [3.05, 3.63) is 22.2 Å². The average molecular weight is 314 g/mol. The lowest BCUT2D eigenvalue weighted by Gasteiger charge is -2.25. The maximum Gasteiger partial charge on any atom is 0.236 e. The Labute approximate surface area is 116 Å². The standard InChI is InChI=1S/C13H20BrN3O/c1-3-4-5-17(8-13(16)18)12-6-9(2)11(15)7-10(12)14/h6-7H,3-5,8,15H2,1-2H3,(H2,16,18). The van der Waals surface area contributed by atoms with Gasteiger partial charge in [0, 0.05) is 16.7 Å². The molecule has 0 aromatic heterocycles. The molecule has 5 heteroatoms. The van der Waals surface area contributed by atoms with Crippen LogP contribution in [-0.2, 0) is 4.79 Å². The molecule has 0 aliphatic rings. The largest absolute Gasteiger partial charge is 0.398 e. The molecular weight excluding hydrogens is 294 g/mol. The molecule has 0 unspecified atom stereocenters. The minimum Gasteiger partial charge on any atom is -0.398 e. The van der Waals surface area contributed by atoms with Crippen molar-refractivity contribution >= 4 is 33.2 Å². The maximum absolute atomic E-state index is 11.1. The summed E-state index contributed by atoms with van der Waals surface area (Å²) in [5.41, 5.74) is 13.9. The van der Waals surface area contributed by atoms with E-state index in [0.717, 1.165) is 40.8 Å². The van der Waals surface area contributed by atoms with Crippen molar-refractivity contribution in [1.82, 2.24) is 0 Å². The van der Waals surface area contributed by atoms with Gasteiger partial charge in [-0.2, -0.15) is 0 Å². The Balaban J connectivity index is 3.03. The van der Waals surface area contributed by atoms with E-state index in [1.807, 2.05) is 24.0 Å². The van der Waals surface area contributed by atoms with E-state index in [1.54, 1.807) is 0 Å². The summed E-state index contributed by atoms with van der Waals surface area (Å²) in [5.74, 6) is -0.326. The molecule has 100 valence electrons. The topological polar surface area (TPSA) is 72.3 Å². The minimum absolute atomic E-state index is 0.224. The van der Waals surface area contributed by atoms with Crippen molar-refractivity contribution in [1.29, 1.82) is 0 Å². The van der Waals surface area contributed by atoms with Gasteiger partial charge in [0.2, 0.25) is 5.91 Å². The van der Waals surface area contributed by atoms with Gasteiger partial charge in [-0.1, -0.05) is 13.3 Å². The molecule has 0 aliphatic carbocycles. The molecule has 1 aromatic rings. The lowest BCUT2D eigenvalue weighted by atomic mass is 10.1. The van der Waals surface area contributed by atoms with E-state index in [-0.39, 0.29) is 12.5 Å². The zero-order chi connectivity index (χ0) is 13.7. The number of nitrogen functional groups attached to an aromatic ring is 1. The predicted molar refractivity (Wildman–Crippen MR) is 79.6 cm³/mol. The van der Waals surface area contributed by atoms with Gasteiger partial charge in [0.25, 0.3) is 0 Å². The molecule has 0 radical (unpaired) electrons. The molecule has 4 N–H and O–H groups in total. The van der Waals surface area contributed by atoms with Crippen molar-refractivity contribution in [2.45, 2.75) is 26.7 Å². The Kier molecular flexibility index (Phi) is 5.47. The summed E-state index contributed by atoms with van der Waals surface area (Å²) < 4.78 is 0.892. The first-order chi connectivity index (χ1) is 8.45. The van der Waals surface area contributed by atoms with E-state index in [4.69, 9.17) is 11.5 Å². The number of nitrogens with zero attached hydrogens (tertiary/aromatic N) is 1. The smallest absolute Gasteiger partial charge is 0.236 e. The van der Waals surface area contributed by atoms with Crippen LogP contribution in [0.3, 0.4) is 0 Å². The molecule has 0 aliphatic heterocycles. The minimum atomic E-state index is -0.326. The van der Waals surface area contributed by atoms with Crippen LogP contribution in [0.25, 0.3) is 0 Å². The van der Waals surface area contributed by atoms with Crippen LogP contribution < -0.4 is 16.4 Å². The van der Waals surface area contributed by atoms with Crippen LogP contribution in [0.5, 0.6) is 0 Å². The summed E-state index contributed by atoms with van der Waals surface area (Å²) in [6.07, 6.45) is 2.09. The Morgan fingerprint density at radius 2 is 2.11 bits per heavy atom. The molecule has 18 heavy (non-hydrogen) atoms. The number of nitrogens with two attached hydrogens (primary N) is 2. The van der Waals surface area contributed by atoms with Crippen molar-refractivity contribution < 1.29 is 4.79 Å². The van der Waals surface area contributed by atoms with E-state index < -0.39 is 0 Å². The summed E-state index contributed by atoms with van der Waals surface area (Å²) in [5, 5.41) is 0. The number of benzene rings is 1. The number of primary amides is 1. The number of aryl methyl sites for hydroxylation is 1. The monoisotopic (exact) mass is 313 g/mol. The molecule has 1 amide bonds. The van der Waals surface area contributed by atoms with E-state index in [2.05, 4.69) is 22.9 Å². The number of hydrogen-bond donors (Lipinski definition) is 2. The first-order valence-corrected chi connectivity index (χ1v) is 6.83. The Hall–Kier alpha value is -1.23. The number of rotatable bonds is 6. The van der Waals surface area contributed by atoms with E-state index in [1.165, 1.54) is 0 Å². The molecule has 0 bridgehead atoms. The highest BCUT2D eigenvalue weighted by Gasteiger charge is 2.13. The molecule has 0 spiro atoms. The van der Waals surface area contributed by atoms with Gasteiger partial charge in [0.1, 0.15) is 0 Å². The van der Waals surface area contributed by atoms with Gasteiger partial charge in [-0.05, 0) is 47.0 Å². The van der Waals surface area contributed by atoms with Crippen LogP contribution in [0.15, 0.2) is 16.6 Å². The van der Waals surface area contributed by atoms with Gasteiger partial charge in [0.05, 0.1) is 12.2 Å². The Bertz CT molecular complexity index is 434. The summed E-state index contributed by atoms with van der Waals surface area (Å²) in [6, 6.07) is 3.85. The molecule has 0 saturated heterocycles. The van der Waals surface area contributed by atoms with Crippen LogP contribution in [0.1, 0.15) is 25.3 Å². The SMILES string of the molecule is CCCCN(CC(N)=O)c1cc(C)c(N)cc1Br. The summed E-state index contributed by atoms with van der Waals surface area (Å²) in [7, 11) is 0. The Morgan fingerprint density at radius 3 is 2.67 bits per heavy atom. The van der Waals surface area contributed by atoms with E-state index in [0.29, 0.717) is 0 Å². The molecular formula is C13H20BrN3O. The molecule has 0 heterocycles. The number of carbonyl (C=O) groups excluding carboxylic acids is 1. The quantitative estimate of drug-likeness (QED) is 0.792. The van der Waals surface area contributed by atoms with Crippen molar-refractivity contribution in [3.8, 4) is 0 Å². The lowest BCUT2D eigenvalue weighted by molar-refractivity contribution is -0.116. The fraction of sp³-hybridized carbons (Fsp3) is 0.462. The molecule has 1 rings (SSSR count). The average Bonchev–Trinajstić information content (AvgIpc) is 2.29. The second-order valence-corrected chi connectivity index (χ2v) is 5.26. The second-order valence-electron chi connectivity index (χ2n) is 4.40. The maximum atomic E-state index is 11.1. The molecule has 0 atom stereocenters. The third-order valence-corrected chi connectivity index (χ3v) is 3.44. The van der Waals surface area contributed by atoms with Crippen molar-refractivity contribution in [2.75, 3.05) is 23.7 Å². The number of carbonyl (C=O) groups is 1. The van der Waals surface area contributed by atoms with Crippen LogP contribution >= 0.6 is 15.9 Å². The molecule has 1 aromatic carbocycles. The van der Waals surface area contributed by atoms with Crippen LogP contribution in [0.4, 0.5) is 11.4 Å². The fourth-order valence-electron chi connectivity index (χ4n) is 1.75. The summed E-state index contributed by atoms with van der Waals surface area (Å²) in [4.78, 5) is 13.1. The number of anilines is 2. The van der Waals surface area contributed by atoms with Gasteiger partial charge in [0.15, 0.2) is 0 Å². The van der Waals surface area contributed by atoms with Crippen LogP contribution in [-0.4, -0.2) is 19.0 Å². The highest BCUT2D eigenvalue weighted by molar-refractivity contribution is 9.10. The first kappa shape index (κ1) is 14.8. The van der Waals surface area contributed by atoms with Crippen molar-refractivity contribution in [3.63, 3.8) is 0 Å². The van der Waals surface area contributed by atoms with Crippen molar-refractivity contribution in [2.24, 2.45) is 5.73 Å². The third kappa shape index (κ3) is 3.91. The van der Waals surface area contributed by atoms with Gasteiger partial charge in [-0.25, -0.2) is 0 Å². The number of unbranched alkanes of at least 4 members (excludes halogenated alkanes) is 1. The number of halogens is 1. The normalized spacial score (nSPS) is 10.4. The highest BCUT2D eigenvalue weighted by atomic mass is 79.9. The molecule has 0 saturated carbocycles. The second kappa shape index (κ2) is 6.64. The lowest BCUT2D eigenvalue weighted by Crippen LogP contribution is -2.34. The first-order valence-electron chi connectivity index (χ1n) is 6.04. The zero-order valence-corrected chi connectivity index (χ0v) is 12.5. The Morgan fingerprint density at radius 1 is 1.44 bits per heavy atom. The van der Waals surface area contributed by atoms with E-state index >= 15 is 0 Å². The predicted octanol–water partition coefficient (Wildman–Crippen LogP) is 2.43. The summed E-state index contributed by atoms with van der Waals surface area (Å²) in [6.45, 7) is 5.10. The van der Waals surface area contributed by atoms with E-state index in [9.17, 15) is 4.79 Å². The number of amides is 1. The van der Waals surface area contributed by atoms with Gasteiger partial charge >= 0.3 is 0 Å². The van der Waals surface area contributed by atoms with Crippen LogP contribution in [0, 0.1) is 6.92 Å². The summed E-state index contributed by atoms with van der Waals surface area (Å²) >= 11 is 3.49. The molecule has 4 nitrogen and oxygen atoms in total. The van der Waals surface area contributed by atoms with Gasteiger partial charge in [-0.3, -0.25) is 4.79 Å². The number of hydrogen-bond acceptors (Lipinski definition) is 3. The molecule has 0 fully saturated rings. The van der Waals surface area contributed by atoms with Gasteiger partial charge < -0.3 is 16.4 Å². The van der Waals surface area contributed by atoms with Crippen LogP contribution in [0.2, 0.25) is 0 Å².